The highest BCUT2D eigenvalue weighted by Crippen LogP contribution is 2.26. The third kappa shape index (κ3) is 3.20. The van der Waals surface area contributed by atoms with E-state index in [0.717, 1.165) is 21.5 Å². The summed E-state index contributed by atoms with van der Waals surface area (Å²) in [6, 6.07) is 9.90. The molecule has 0 radical (unpaired) electrons. The number of hydrogen-bond donors (Lipinski definition) is 1. The third-order valence-electron chi connectivity index (χ3n) is 2.33. The lowest BCUT2D eigenvalue weighted by Gasteiger charge is -2.09. The van der Waals surface area contributed by atoms with Gasteiger partial charge in [0.2, 0.25) is 0 Å². The predicted octanol–water partition coefficient (Wildman–Crippen LogP) is 4.86. The van der Waals surface area contributed by atoms with Crippen molar-refractivity contribution >= 4 is 39.0 Å². The van der Waals surface area contributed by atoms with Crippen molar-refractivity contribution in [1.82, 2.24) is 4.98 Å². The Kier molecular flexibility index (Phi) is 3.69. The molecule has 1 N–H and O–H groups in total. The molecule has 17 heavy (non-hydrogen) atoms. The molecule has 0 aliphatic rings. The van der Waals surface area contributed by atoms with Crippen LogP contribution in [0.3, 0.4) is 0 Å². The van der Waals surface area contributed by atoms with Crippen LogP contribution in [0.4, 0.5) is 11.5 Å². The fourth-order valence-electron chi connectivity index (χ4n) is 1.55. The molecule has 2 nitrogen and oxygen atoms in total. The smallest absolute Gasteiger partial charge is 0.132 e. The van der Waals surface area contributed by atoms with Gasteiger partial charge in [-0.3, -0.25) is 0 Å². The van der Waals surface area contributed by atoms with Gasteiger partial charge in [0.05, 0.1) is 5.69 Å². The third-order valence-corrected chi connectivity index (χ3v) is 3.18. The highest BCUT2D eigenvalue weighted by Gasteiger charge is 2.03. The SMILES string of the molecule is Cc1cc(Cl)nc(Nc2ccc(C)cc2Br)c1. The fraction of sp³-hybridized carbons (Fsp3) is 0.154. The van der Waals surface area contributed by atoms with Gasteiger partial charge in [-0.15, -0.1) is 0 Å². The Balaban J connectivity index is 2.31. The minimum atomic E-state index is 0.496. The maximum absolute atomic E-state index is 5.92. The van der Waals surface area contributed by atoms with Gasteiger partial charge in [0.1, 0.15) is 11.0 Å². The van der Waals surface area contributed by atoms with Crippen molar-refractivity contribution in [2.75, 3.05) is 5.32 Å². The molecule has 1 heterocycles. The summed E-state index contributed by atoms with van der Waals surface area (Å²) in [4.78, 5) is 4.23. The van der Waals surface area contributed by atoms with Crippen molar-refractivity contribution in [2.24, 2.45) is 0 Å². The number of rotatable bonds is 2. The summed E-state index contributed by atoms with van der Waals surface area (Å²) >= 11 is 9.44. The van der Waals surface area contributed by atoms with Crippen LogP contribution < -0.4 is 5.32 Å². The van der Waals surface area contributed by atoms with Crippen LogP contribution in [-0.2, 0) is 0 Å². The first-order chi connectivity index (χ1) is 8.04. The summed E-state index contributed by atoms with van der Waals surface area (Å²) in [6.07, 6.45) is 0. The largest absolute Gasteiger partial charge is 0.339 e. The average molecular weight is 312 g/mol. The molecule has 0 aliphatic carbocycles. The molecule has 0 saturated carbocycles. The zero-order valence-electron chi connectivity index (χ0n) is 9.59. The summed E-state index contributed by atoms with van der Waals surface area (Å²) in [7, 11) is 0. The van der Waals surface area contributed by atoms with E-state index >= 15 is 0 Å². The van der Waals surface area contributed by atoms with E-state index in [1.807, 2.05) is 31.2 Å². The first-order valence-corrected chi connectivity index (χ1v) is 6.39. The number of nitrogens with zero attached hydrogens (tertiary/aromatic N) is 1. The Morgan fingerprint density at radius 1 is 1.12 bits per heavy atom. The number of benzene rings is 1. The Bertz CT molecular complexity index is 535. The molecule has 0 saturated heterocycles. The van der Waals surface area contributed by atoms with Gasteiger partial charge in [0, 0.05) is 4.47 Å². The molecule has 1 aromatic carbocycles. The normalized spacial score (nSPS) is 10.4. The number of anilines is 2. The van der Waals surface area contributed by atoms with Crippen molar-refractivity contribution in [3.8, 4) is 0 Å². The monoisotopic (exact) mass is 310 g/mol. The van der Waals surface area contributed by atoms with Gasteiger partial charge in [0.15, 0.2) is 0 Å². The Morgan fingerprint density at radius 3 is 2.53 bits per heavy atom. The summed E-state index contributed by atoms with van der Waals surface area (Å²) < 4.78 is 1.01. The zero-order valence-corrected chi connectivity index (χ0v) is 11.9. The van der Waals surface area contributed by atoms with Gasteiger partial charge in [0.25, 0.3) is 0 Å². The summed E-state index contributed by atoms with van der Waals surface area (Å²) in [5.41, 5.74) is 3.26. The number of pyridine rings is 1. The second-order valence-electron chi connectivity index (χ2n) is 3.96. The molecule has 0 bridgehead atoms. The number of halogens is 2. The molecular weight excluding hydrogens is 300 g/mol. The summed E-state index contributed by atoms with van der Waals surface area (Å²) in [6.45, 7) is 4.04. The van der Waals surface area contributed by atoms with Crippen molar-refractivity contribution in [2.45, 2.75) is 13.8 Å². The quantitative estimate of drug-likeness (QED) is 0.801. The molecule has 0 amide bonds. The number of aromatic nitrogens is 1. The molecule has 0 spiro atoms. The number of nitrogens with one attached hydrogen (secondary N) is 1. The topological polar surface area (TPSA) is 24.9 Å². The van der Waals surface area contributed by atoms with E-state index in [-0.39, 0.29) is 0 Å². The number of hydrogen-bond acceptors (Lipinski definition) is 2. The van der Waals surface area contributed by atoms with Gasteiger partial charge in [-0.2, -0.15) is 0 Å². The molecule has 1 aromatic heterocycles. The number of aryl methyl sites for hydroxylation is 2. The second kappa shape index (κ2) is 5.07. The van der Waals surface area contributed by atoms with E-state index in [0.29, 0.717) is 5.15 Å². The van der Waals surface area contributed by atoms with Crippen molar-refractivity contribution < 1.29 is 0 Å². The van der Waals surface area contributed by atoms with Crippen LogP contribution >= 0.6 is 27.5 Å². The molecule has 4 heteroatoms. The molecule has 0 aliphatic heterocycles. The van der Waals surface area contributed by atoms with E-state index < -0.39 is 0 Å². The molecule has 88 valence electrons. The van der Waals surface area contributed by atoms with Crippen LogP contribution in [0.2, 0.25) is 5.15 Å². The second-order valence-corrected chi connectivity index (χ2v) is 5.20. The minimum Gasteiger partial charge on any atom is -0.339 e. The van der Waals surface area contributed by atoms with E-state index in [2.05, 4.69) is 39.2 Å². The van der Waals surface area contributed by atoms with Gasteiger partial charge in [-0.1, -0.05) is 17.7 Å². The highest BCUT2D eigenvalue weighted by molar-refractivity contribution is 9.10. The van der Waals surface area contributed by atoms with Crippen LogP contribution in [0, 0.1) is 13.8 Å². The van der Waals surface area contributed by atoms with Gasteiger partial charge in [-0.25, -0.2) is 4.98 Å². The van der Waals surface area contributed by atoms with Crippen molar-refractivity contribution in [3.63, 3.8) is 0 Å². The standard InChI is InChI=1S/C13H12BrClN2/c1-8-3-4-11(10(14)5-8)16-13-7-9(2)6-12(15)17-13/h3-7H,1-2H3,(H,16,17). The Hall–Kier alpha value is -1.06. The maximum atomic E-state index is 5.92. The lowest BCUT2D eigenvalue weighted by Crippen LogP contribution is -1.95. The van der Waals surface area contributed by atoms with E-state index in [1.165, 1.54) is 5.56 Å². The maximum Gasteiger partial charge on any atom is 0.132 e. The molecule has 2 aromatic rings. The average Bonchev–Trinajstić information content (AvgIpc) is 2.21. The highest BCUT2D eigenvalue weighted by atomic mass is 79.9. The zero-order chi connectivity index (χ0) is 12.4. The molecule has 0 fully saturated rings. The van der Waals surface area contributed by atoms with Crippen LogP contribution in [-0.4, -0.2) is 4.98 Å². The van der Waals surface area contributed by atoms with Crippen LogP contribution in [0.15, 0.2) is 34.8 Å². The van der Waals surface area contributed by atoms with Gasteiger partial charge < -0.3 is 5.32 Å². The molecule has 2 rings (SSSR count). The molecular formula is C13H12BrClN2. The fourth-order valence-corrected chi connectivity index (χ4v) is 2.40. The van der Waals surface area contributed by atoms with Crippen LogP contribution in [0.25, 0.3) is 0 Å². The van der Waals surface area contributed by atoms with Crippen LogP contribution in [0.1, 0.15) is 11.1 Å². The lowest BCUT2D eigenvalue weighted by molar-refractivity contribution is 1.27. The van der Waals surface area contributed by atoms with Gasteiger partial charge in [-0.05, 0) is 65.2 Å². The van der Waals surface area contributed by atoms with Crippen molar-refractivity contribution in [1.29, 1.82) is 0 Å². The minimum absolute atomic E-state index is 0.496. The predicted molar refractivity (Wildman–Crippen MR) is 76.1 cm³/mol. The Morgan fingerprint density at radius 2 is 1.88 bits per heavy atom. The lowest BCUT2D eigenvalue weighted by atomic mass is 10.2. The van der Waals surface area contributed by atoms with E-state index in [4.69, 9.17) is 11.6 Å². The van der Waals surface area contributed by atoms with E-state index in [9.17, 15) is 0 Å². The van der Waals surface area contributed by atoms with E-state index in [1.54, 1.807) is 0 Å². The van der Waals surface area contributed by atoms with Gasteiger partial charge >= 0.3 is 0 Å². The van der Waals surface area contributed by atoms with Crippen LogP contribution in [0.5, 0.6) is 0 Å². The molecule has 0 atom stereocenters. The first kappa shape index (κ1) is 12.4. The first-order valence-electron chi connectivity index (χ1n) is 5.22. The summed E-state index contributed by atoms with van der Waals surface area (Å²) in [5.74, 6) is 0.750. The summed E-state index contributed by atoms with van der Waals surface area (Å²) in [5, 5.41) is 3.73. The molecule has 0 unspecified atom stereocenters. The Labute approximate surface area is 114 Å². The van der Waals surface area contributed by atoms with Crippen molar-refractivity contribution in [3.05, 3.63) is 51.1 Å².